The molecule has 0 radical (unpaired) electrons. The molecule has 5 rings (SSSR count). The molecule has 0 unspecified atom stereocenters. The van der Waals surface area contributed by atoms with Crippen LogP contribution in [0.2, 0.25) is 0 Å². The van der Waals surface area contributed by atoms with E-state index in [1.165, 1.54) is 0 Å². The van der Waals surface area contributed by atoms with E-state index < -0.39 is 60.2 Å². The second-order valence-electron chi connectivity index (χ2n) is 12.6. The fourth-order valence-electron chi connectivity index (χ4n) is 9.50. The lowest BCUT2D eigenvalue weighted by Gasteiger charge is -2.65. The Kier molecular flexibility index (Phi) is 6.56. The zero-order chi connectivity index (χ0) is 25.3. The number of aliphatic hydroxyl groups excluding tert-OH is 5. The summed E-state index contributed by atoms with van der Waals surface area (Å²) >= 11 is 0. The van der Waals surface area contributed by atoms with E-state index >= 15 is 0 Å². The average Bonchev–Trinajstić information content (AvgIpc) is 3.10. The summed E-state index contributed by atoms with van der Waals surface area (Å²) in [7, 11) is 0. The van der Waals surface area contributed by atoms with Crippen molar-refractivity contribution in [3.8, 4) is 0 Å². The topological polar surface area (TPSA) is 157 Å². The van der Waals surface area contributed by atoms with E-state index in [4.69, 9.17) is 9.47 Å². The highest BCUT2D eigenvalue weighted by Gasteiger charge is 2.69. The van der Waals surface area contributed by atoms with Gasteiger partial charge in [0.15, 0.2) is 6.29 Å². The number of carboxylic acid groups (broad SMARTS) is 1. The molecule has 2 bridgehead atoms. The molecule has 0 aromatic rings. The molecule has 35 heavy (non-hydrogen) atoms. The van der Waals surface area contributed by atoms with Gasteiger partial charge in [-0.1, -0.05) is 6.92 Å². The van der Waals surface area contributed by atoms with Gasteiger partial charge >= 0.3 is 5.97 Å². The van der Waals surface area contributed by atoms with Crippen LogP contribution in [0.25, 0.3) is 0 Å². The van der Waals surface area contributed by atoms with Crippen LogP contribution in [0.1, 0.15) is 65.2 Å². The third kappa shape index (κ3) is 3.64. The number of rotatable bonds is 5. The van der Waals surface area contributed by atoms with E-state index in [2.05, 4.69) is 6.92 Å². The van der Waals surface area contributed by atoms with Crippen molar-refractivity contribution < 1.29 is 44.9 Å². The van der Waals surface area contributed by atoms with Crippen LogP contribution in [0.5, 0.6) is 0 Å². The number of ether oxygens (including phenoxy) is 2. The first kappa shape index (κ1) is 25.8. The van der Waals surface area contributed by atoms with Gasteiger partial charge < -0.3 is 40.1 Å². The largest absolute Gasteiger partial charge is 0.481 e. The first-order valence-electron chi connectivity index (χ1n) is 13.3. The summed E-state index contributed by atoms with van der Waals surface area (Å²) in [5, 5.41) is 61.1. The molecule has 0 aromatic heterocycles. The molecule has 9 nitrogen and oxygen atoms in total. The molecular formula is C26H42O9. The summed E-state index contributed by atoms with van der Waals surface area (Å²) in [6, 6.07) is 0. The fraction of sp³-hybridized carbons (Fsp3) is 0.962. The Bertz CT molecular complexity index is 821. The molecule has 5 fully saturated rings. The maximum atomic E-state index is 12.6. The minimum Gasteiger partial charge on any atom is -0.481 e. The van der Waals surface area contributed by atoms with E-state index in [0.29, 0.717) is 24.7 Å². The third-order valence-electron chi connectivity index (χ3n) is 11.3. The predicted octanol–water partition coefficient (Wildman–Crippen LogP) is 0.887. The number of aliphatic hydroxyl groups is 5. The summed E-state index contributed by atoms with van der Waals surface area (Å²) in [6.45, 7) is 3.68. The van der Waals surface area contributed by atoms with Crippen molar-refractivity contribution in [1.29, 1.82) is 0 Å². The molecule has 4 saturated carbocycles. The van der Waals surface area contributed by atoms with Gasteiger partial charge in [0.2, 0.25) is 0 Å². The minimum atomic E-state index is -1.52. The molecule has 1 saturated heterocycles. The lowest BCUT2D eigenvalue weighted by atomic mass is 9.40. The Morgan fingerprint density at radius 3 is 2.31 bits per heavy atom. The molecule has 0 amide bonds. The number of carboxylic acids is 1. The average molecular weight is 499 g/mol. The smallest absolute Gasteiger partial charge is 0.309 e. The number of carbonyl (C=O) groups is 1. The second-order valence-corrected chi connectivity index (χ2v) is 12.6. The van der Waals surface area contributed by atoms with Crippen molar-refractivity contribution in [2.24, 2.45) is 39.9 Å². The quantitative estimate of drug-likeness (QED) is 0.324. The summed E-state index contributed by atoms with van der Waals surface area (Å²) < 4.78 is 12.2. The van der Waals surface area contributed by atoms with E-state index in [9.17, 15) is 35.4 Å². The van der Waals surface area contributed by atoms with Crippen LogP contribution in [0.15, 0.2) is 0 Å². The van der Waals surface area contributed by atoms with Gasteiger partial charge in [0.25, 0.3) is 0 Å². The van der Waals surface area contributed by atoms with Crippen molar-refractivity contribution in [3.63, 3.8) is 0 Å². The fourth-order valence-corrected chi connectivity index (χ4v) is 9.50. The first-order chi connectivity index (χ1) is 16.5. The minimum absolute atomic E-state index is 0.0509. The van der Waals surface area contributed by atoms with Gasteiger partial charge in [-0.15, -0.1) is 0 Å². The number of hydrogen-bond acceptors (Lipinski definition) is 8. The standard InChI is InChI=1S/C26H42O9/c1-24(23(32)33)7-6-18(35-22-21(31)20(30)19(29)15(12-28)34-22)25(2)16(24)5-8-26-9-13(3-4-17(25)26)14(10-26)11-27/h13-22,27-31H,3-12H2,1-2H3,(H,32,33)/t13-,14-,15-,16-,17+,18+,19-,20+,21-,22+,24-,25-,26-/m1/s1. The Morgan fingerprint density at radius 2 is 1.66 bits per heavy atom. The molecule has 5 aliphatic rings. The number of hydrogen-bond donors (Lipinski definition) is 6. The molecular weight excluding hydrogens is 456 g/mol. The lowest BCUT2D eigenvalue weighted by Crippen LogP contribution is -2.66. The van der Waals surface area contributed by atoms with Crippen LogP contribution in [0, 0.1) is 39.9 Å². The van der Waals surface area contributed by atoms with Gasteiger partial charge in [-0.2, -0.15) is 0 Å². The van der Waals surface area contributed by atoms with E-state index in [1.807, 2.05) is 6.92 Å². The SMILES string of the molecule is C[C@@]12[C@@H](O[C@@H]3O[C@H](CO)[C@@H](O)[C@H](O)[C@H]3O)CC[C@@](C)(C(=O)O)[C@H]1CC[C@]13C[C@@H](CC[C@H]12)[C@@H](CO)C3. The summed E-state index contributed by atoms with van der Waals surface area (Å²) in [5.41, 5.74) is -1.34. The summed E-state index contributed by atoms with van der Waals surface area (Å²) in [4.78, 5) is 12.6. The van der Waals surface area contributed by atoms with Crippen molar-refractivity contribution in [1.82, 2.24) is 0 Å². The van der Waals surface area contributed by atoms with E-state index in [-0.39, 0.29) is 23.9 Å². The highest BCUT2D eigenvalue weighted by molar-refractivity contribution is 5.75. The molecule has 0 aromatic carbocycles. The summed E-state index contributed by atoms with van der Waals surface area (Å²) in [5.74, 6) is 0.103. The van der Waals surface area contributed by atoms with Gasteiger partial charge in [-0.05, 0) is 87.4 Å². The molecule has 1 heterocycles. The van der Waals surface area contributed by atoms with Crippen LogP contribution < -0.4 is 0 Å². The lowest BCUT2D eigenvalue weighted by molar-refractivity contribution is -0.336. The number of fused-ring (bicyclic) bond motifs is 3. The molecule has 4 aliphatic carbocycles. The van der Waals surface area contributed by atoms with Gasteiger partial charge in [0.05, 0.1) is 18.1 Å². The van der Waals surface area contributed by atoms with Crippen molar-refractivity contribution in [2.75, 3.05) is 13.2 Å². The zero-order valence-corrected chi connectivity index (χ0v) is 20.8. The molecule has 200 valence electrons. The second kappa shape index (κ2) is 8.89. The molecule has 1 spiro atoms. The maximum Gasteiger partial charge on any atom is 0.309 e. The summed E-state index contributed by atoms with van der Waals surface area (Å²) in [6.07, 6.45) is -0.527. The van der Waals surface area contributed by atoms with Gasteiger partial charge in [0, 0.05) is 12.0 Å². The molecule has 9 heteroatoms. The number of aliphatic carboxylic acids is 1. The molecule has 6 N–H and O–H groups in total. The van der Waals surface area contributed by atoms with Crippen LogP contribution in [-0.2, 0) is 14.3 Å². The van der Waals surface area contributed by atoms with E-state index in [1.54, 1.807) is 0 Å². The van der Waals surface area contributed by atoms with Gasteiger partial charge in [-0.25, -0.2) is 0 Å². The van der Waals surface area contributed by atoms with Crippen molar-refractivity contribution >= 4 is 5.97 Å². The normalized spacial score (nSPS) is 55.7. The van der Waals surface area contributed by atoms with Crippen LogP contribution in [0.4, 0.5) is 0 Å². The Balaban J connectivity index is 1.50. The Hall–Kier alpha value is -0.810. The van der Waals surface area contributed by atoms with Crippen LogP contribution >= 0.6 is 0 Å². The highest BCUT2D eigenvalue weighted by Crippen LogP contribution is 2.72. The Labute approximate surface area is 206 Å². The van der Waals surface area contributed by atoms with Crippen LogP contribution in [-0.4, -0.2) is 86.6 Å². The third-order valence-corrected chi connectivity index (χ3v) is 11.3. The van der Waals surface area contributed by atoms with Crippen molar-refractivity contribution in [2.45, 2.75) is 102 Å². The first-order valence-corrected chi connectivity index (χ1v) is 13.3. The zero-order valence-electron chi connectivity index (χ0n) is 20.8. The van der Waals surface area contributed by atoms with E-state index in [0.717, 1.165) is 38.5 Å². The maximum absolute atomic E-state index is 12.6. The Morgan fingerprint density at radius 1 is 0.914 bits per heavy atom. The highest BCUT2D eigenvalue weighted by atomic mass is 16.7. The molecule has 1 aliphatic heterocycles. The van der Waals surface area contributed by atoms with Gasteiger partial charge in [0.1, 0.15) is 24.4 Å². The van der Waals surface area contributed by atoms with Crippen molar-refractivity contribution in [3.05, 3.63) is 0 Å². The van der Waals surface area contributed by atoms with Crippen LogP contribution in [0.3, 0.4) is 0 Å². The molecule has 13 atom stereocenters. The monoisotopic (exact) mass is 498 g/mol. The van der Waals surface area contributed by atoms with Gasteiger partial charge in [-0.3, -0.25) is 4.79 Å². The predicted molar refractivity (Wildman–Crippen MR) is 123 cm³/mol.